The summed E-state index contributed by atoms with van der Waals surface area (Å²) in [5.74, 6) is -7.35. The van der Waals surface area contributed by atoms with E-state index in [2.05, 4.69) is 21.4 Å². The smallest absolute Gasteiger partial charge is 0.305 e. The predicted octanol–water partition coefficient (Wildman–Crippen LogP) is 4.93. The van der Waals surface area contributed by atoms with Gasteiger partial charge in [-0.2, -0.15) is 5.01 Å². The number of hydrogen-bond acceptors (Lipinski definition) is 8. The number of methoxy groups -OCH3 is 1. The van der Waals surface area contributed by atoms with Gasteiger partial charge >= 0.3 is 5.97 Å². The number of likely N-dealkylation sites (tertiary alicyclic amines) is 1. The fourth-order valence-corrected chi connectivity index (χ4v) is 9.01. The Kier molecular flexibility index (Phi) is 8.09. The summed E-state index contributed by atoms with van der Waals surface area (Å²) in [5.41, 5.74) is 4.56. The number of carboxylic acids is 1. The standard InChI is InChI=1S/C37H34BrN3O8/c1-19-8-10-22(11-9-19)39-41-34(46)27-18-25-23(12-13-24-30(25)35(47)40(33(24)45)15-14-29(42)43)31(26-16-21(38)17-28(49-2)32(26)44)37(27,36(41)48)20-6-4-3-5-7-20/h3-12,16-17,24-25,27,30-31,39,44H,13-15,18H2,1-2H3,(H,42,43)/t24-,25+,27-,30-,31+,37+/m0/s1. The molecule has 2 aliphatic heterocycles. The molecular weight excluding hydrogens is 694 g/mol. The number of nitrogens with zero attached hydrogens (tertiary/aromatic N) is 2. The van der Waals surface area contributed by atoms with Crippen LogP contribution in [-0.4, -0.2) is 63.4 Å². The molecule has 3 fully saturated rings. The first-order valence-electron chi connectivity index (χ1n) is 16.1. The van der Waals surface area contributed by atoms with Gasteiger partial charge in [0.1, 0.15) is 0 Å². The number of allylic oxidation sites excluding steroid dienone is 2. The lowest BCUT2D eigenvalue weighted by atomic mass is 9.49. The van der Waals surface area contributed by atoms with E-state index in [-0.39, 0.29) is 37.3 Å². The number of carboxylic acid groups (broad SMARTS) is 1. The van der Waals surface area contributed by atoms with Gasteiger partial charge in [-0.1, -0.05) is 75.6 Å². The lowest BCUT2D eigenvalue weighted by Gasteiger charge is -2.50. The number of rotatable bonds is 8. The number of aromatic hydroxyl groups is 1. The Balaban J connectivity index is 1.45. The third-order valence-electron chi connectivity index (χ3n) is 10.6. The summed E-state index contributed by atoms with van der Waals surface area (Å²) in [6.45, 7) is 1.68. The molecule has 2 heterocycles. The molecule has 0 aromatic heterocycles. The number of carbonyl (C=O) groups excluding carboxylic acids is 4. The number of fused-ring (bicyclic) bond motifs is 4. The van der Waals surface area contributed by atoms with Gasteiger partial charge in [0.2, 0.25) is 11.8 Å². The highest BCUT2D eigenvalue weighted by molar-refractivity contribution is 9.10. The molecule has 4 aliphatic rings. The summed E-state index contributed by atoms with van der Waals surface area (Å²) in [6.07, 6.45) is 1.75. The third-order valence-corrected chi connectivity index (χ3v) is 11.1. The first-order valence-corrected chi connectivity index (χ1v) is 16.9. The van der Waals surface area contributed by atoms with Crippen LogP contribution in [0.2, 0.25) is 0 Å². The van der Waals surface area contributed by atoms with Crippen molar-refractivity contribution in [1.82, 2.24) is 9.91 Å². The van der Waals surface area contributed by atoms with E-state index in [9.17, 15) is 29.4 Å². The number of aryl methyl sites for hydroxylation is 1. The van der Waals surface area contributed by atoms with Gasteiger partial charge in [0, 0.05) is 22.5 Å². The van der Waals surface area contributed by atoms with Crippen LogP contribution in [0.25, 0.3) is 0 Å². The Hall–Kier alpha value is -4.97. The van der Waals surface area contributed by atoms with Crippen molar-refractivity contribution < 1.29 is 38.9 Å². The largest absolute Gasteiger partial charge is 0.504 e. The van der Waals surface area contributed by atoms with Crippen molar-refractivity contribution in [2.24, 2.45) is 23.7 Å². The Morgan fingerprint density at radius 2 is 1.71 bits per heavy atom. The molecule has 2 aliphatic carbocycles. The van der Waals surface area contributed by atoms with Gasteiger partial charge < -0.3 is 14.9 Å². The Bertz CT molecular complexity index is 1930. The molecule has 3 aromatic rings. The van der Waals surface area contributed by atoms with Crippen molar-refractivity contribution >= 4 is 51.2 Å². The average Bonchev–Trinajstić information content (AvgIpc) is 3.46. The summed E-state index contributed by atoms with van der Waals surface area (Å²) < 4.78 is 6.10. The lowest BCUT2D eigenvalue weighted by molar-refractivity contribution is -0.143. The van der Waals surface area contributed by atoms with Crippen molar-refractivity contribution in [1.29, 1.82) is 0 Å². The number of imide groups is 2. The summed E-state index contributed by atoms with van der Waals surface area (Å²) in [5, 5.41) is 22.1. The monoisotopic (exact) mass is 727 g/mol. The molecule has 3 N–H and O–H groups in total. The summed E-state index contributed by atoms with van der Waals surface area (Å²) in [6, 6.07) is 19.6. The molecule has 252 valence electrons. The highest BCUT2D eigenvalue weighted by atomic mass is 79.9. The highest BCUT2D eigenvalue weighted by Gasteiger charge is 2.70. The average molecular weight is 729 g/mol. The molecule has 3 aromatic carbocycles. The maximum Gasteiger partial charge on any atom is 0.305 e. The molecule has 11 nitrogen and oxygen atoms in total. The molecule has 0 bridgehead atoms. The van der Waals surface area contributed by atoms with Crippen molar-refractivity contribution in [3.05, 3.63) is 99.5 Å². The number of halogens is 1. The Morgan fingerprint density at radius 1 is 1.00 bits per heavy atom. The molecule has 0 spiro atoms. The van der Waals surface area contributed by atoms with E-state index in [0.29, 0.717) is 26.9 Å². The number of phenols is 1. The van der Waals surface area contributed by atoms with Crippen LogP contribution >= 0.6 is 15.9 Å². The van der Waals surface area contributed by atoms with Crippen LogP contribution in [-0.2, 0) is 29.4 Å². The van der Waals surface area contributed by atoms with E-state index in [1.807, 2.05) is 31.2 Å². The van der Waals surface area contributed by atoms with Crippen LogP contribution < -0.4 is 10.2 Å². The number of aliphatic carboxylic acids is 1. The molecule has 4 amide bonds. The van der Waals surface area contributed by atoms with Crippen LogP contribution in [0, 0.1) is 30.6 Å². The zero-order chi connectivity index (χ0) is 34.8. The van der Waals surface area contributed by atoms with Gasteiger partial charge in [0.25, 0.3) is 11.8 Å². The Morgan fingerprint density at radius 3 is 2.39 bits per heavy atom. The lowest BCUT2D eigenvalue weighted by Crippen LogP contribution is -2.53. The number of phenolic OH excluding ortho intramolecular Hbond substituents is 1. The highest BCUT2D eigenvalue weighted by Crippen LogP contribution is 2.65. The van der Waals surface area contributed by atoms with Crippen molar-refractivity contribution in [3.63, 3.8) is 0 Å². The first kappa shape index (κ1) is 32.6. The van der Waals surface area contributed by atoms with E-state index >= 15 is 4.79 Å². The number of hydrazine groups is 1. The van der Waals surface area contributed by atoms with Crippen molar-refractivity contribution in [2.75, 3.05) is 19.1 Å². The summed E-state index contributed by atoms with van der Waals surface area (Å²) in [7, 11) is 1.42. The molecule has 49 heavy (non-hydrogen) atoms. The zero-order valence-electron chi connectivity index (χ0n) is 26.8. The number of carbonyl (C=O) groups is 5. The van der Waals surface area contributed by atoms with Crippen LogP contribution in [0.5, 0.6) is 11.5 Å². The maximum absolute atomic E-state index is 15.2. The number of ether oxygens (including phenoxy) is 1. The molecule has 7 rings (SSSR count). The van der Waals surface area contributed by atoms with E-state index < -0.39 is 64.6 Å². The predicted molar refractivity (Wildman–Crippen MR) is 180 cm³/mol. The van der Waals surface area contributed by atoms with Crippen molar-refractivity contribution in [3.8, 4) is 11.5 Å². The first-order chi connectivity index (χ1) is 23.5. The van der Waals surface area contributed by atoms with Gasteiger partial charge in [0.05, 0.1) is 42.4 Å². The molecule has 6 atom stereocenters. The number of hydrogen-bond donors (Lipinski definition) is 3. The van der Waals surface area contributed by atoms with Gasteiger partial charge in [-0.05, 0) is 55.5 Å². The third kappa shape index (κ3) is 4.95. The van der Waals surface area contributed by atoms with E-state index in [0.717, 1.165) is 15.5 Å². The normalized spacial score (nSPS) is 27.4. The van der Waals surface area contributed by atoms with Crippen LogP contribution in [0.15, 0.2) is 82.9 Å². The fraction of sp³-hybridized carbons (Fsp3) is 0.324. The molecule has 0 radical (unpaired) electrons. The summed E-state index contributed by atoms with van der Waals surface area (Å²) >= 11 is 3.54. The summed E-state index contributed by atoms with van der Waals surface area (Å²) in [4.78, 5) is 69.9. The van der Waals surface area contributed by atoms with Gasteiger partial charge in [-0.25, -0.2) is 0 Å². The van der Waals surface area contributed by atoms with Crippen LogP contribution in [0.1, 0.15) is 41.9 Å². The van der Waals surface area contributed by atoms with Gasteiger partial charge in [-0.15, -0.1) is 0 Å². The molecule has 0 unspecified atom stereocenters. The fourth-order valence-electron chi connectivity index (χ4n) is 8.55. The number of amides is 4. The maximum atomic E-state index is 15.2. The minimum Gasteiger partial charge on any atom is -0.504 e. The topological polar surface area (TPSA) is 154 Å². The van der Waals surface area contributed by atoms with Crippen molar-refractivity contribution in [2.45, 2.75) is 37.5 Å². The van der Waals surface area contributed by atoms with E-state index in [1.165, 1.54) is 7.11 Å². The number of benzene rings is 3. The SMILES string of the molecule is COc1cc(Br)cc([C@H]2C3=CC[C@@H]4C(=O)N(CCC(=O)O)C(=O)[C@@H]4[C@@H]3C[C@H]3C(=O)N(Nc4ccc(C)cc4)C(=O)[C@@]23c2ccccc2)c1O. The van der Waals surface area contributed by atoms with Crippen LogP contribution in [0.4, 0.5) is 5.69 Å². The molecule has 1 saturated carbocycles. The number of anilines is 1. The minimum absolute atomic E-state index is 0.0761. The van der Waals surface area contributed by atoms with Crippen LogP contribution in [0.3, 0.4) is 0 Å². The second-order valence-corrected chi connectivity index (χ2v) is 14.0. The molecule has 2 saturated heterocycles. The second-order valence-electron chi connectivity index (χ2n) is 13.1. The van der Waals surface area contributed by atoms with Gasteiger partial charge in [0.15, 0.2) is 11.5 Å². The number of nitrogens with one attached hydrogen (secondary N) is 1. The van der Waals surface area contributed by atoms with E-state index in [4.69, 9.17) is 4.74 Å². The molecule has 12 heteroatoms. The quantitative estimate of drug-likeness (QED) is 0.217. The Labute approximate surface area is 290 Å². The molecular formula is C37H34BrN3O8. The van der Waals surface area contributed by atoms with Gasteiger partial charge in [-0.3, -0.25) is 34.3 Å². The second kappa shape index (κ2) is 12.2. The zero-order valence-corrected chi connectivity index (χ0v) is 28.3. The van der Waals surface area contributed by atoms with E-state index in [1.54, 1.807) is 48.5 Å². The minimum atomic E-state index is -1.57.